The summed E-state index contributed by atoms with van der Waals surface area (Å²) in [6, 6.07) is 14.4. The maximum absolute atomic E-state index is 12.2. The van der Waals surface area contributed by atoms with Gasteiger partial charge in [-0.05, 0) is 54.3 Å². The highest BCUT2D eigenvalue weighted by Gasteiger charge is 2.40. The van der Waals surface area contributed by atoms with Crippen molar-refractivity contribution in [3.05, 3.63) is 61.1 Å². The van der Waals surface area contributed by atoms with Gasteiger partial charge in [0.1, 0.15) is 17.4 Å². The average molecular weight is 425 g/mol. The molecule has 1 N–H and O–H groups in total. The SMILES string of the molecule is Cn1ncc2cc(-c3ccnc(Nc4ccnc(N5C[C@H]6CC[C@@H](C5)C6=O)c4)c3)ccc21. The topological polar surface area (TPSA) is 75.9 Å². The second-order valence-corrected chi connectivity index (χ2v) is 8.78. The van der Waals surface area contributed by atoms with E-state index in [1.165, 1.54) is 0 Å². The van der Waals surface area contributed by atoms with E-state index in [2.05, 4.69) is 49.5 Å². The van der Waals surface area contributed by atoms with Gasteiger partial charge in [-0.1, -0.05) is 6.07 Å². The fourth-order valence-corrected chi connectivity index (χ4v) is 5.02. The lowest BCUT2D eigenvalue weighted by Gasteiger charge is -2.32. The summed E-state index contributed by atoms with van der Waals surface area (Å²) < 4.78 is 1.88. The highest BCUT2D eigenvalue weighted by molar-refractivity contribution is 5.88. The van der Waals surface area contributed by atoms with Crippen molar-refractivity contribution >= 4 is 34.0 Å². The molecule has 1 saturated heterocycles. The van der Waals surface area contributed by atoms with Crippen LogP contribution >= 0.6 is 0 Å². The third-order valence-electron chi connectivity index (χ3n) is 6.73. The first kappa shape index (κ1) is 19.0. The number of rotatable bonds is 4. The van der Waals surface area contributed by atoms with Crippen molar-refractivity contribution in [3.63, 3.8) is 0 Å². The van der Waals surface area contributed by atoms with Gasteiger partial charge in [0.2, 0.25) is 0 Å². The molecule has 0 unspecified atom stereocenters. The van der Waals surface area contributed by atoms with Crippen LogP contribution in [0.25, 0.3) is 22.0 Å². The second kappa shape index (κ2) is 7.44. The molecular formula is C25H24N6O. The second-order valence-electron chi connectivity index (χ2n) is 8.78. The molecule has 0 radical (unpaired) electrons. The minimum Gasteiger partial charge on any atom is -0.355 e. The average Bonchev–Trinajstić information content (AvgIpc) is 3.26. The largest absolute Gasteiger partial charge is 0.355 e. The minimum absolute atomic E-state index is 0.169. The van der Waals surface area contributed by atoms with Gasteiger partial charge < -0.3 is 10.2 Å². The Morgan fingerprint density at radius 2 is 1.72 bits per heavy atom. The molecule has 32 heavy (non-hydrogen) atoms. The van der Waals surface area contributed by atoms with E-state index in [9.17, 15) is 4.79 Å². The van der Waals surface area contributed by atoms with Gasteiger partial charge in [-0.25, -0.2) is 9.97 Å². The number of piperidine rings is 1. The molecule has 7 nitrogen and oxygen atoms in total. The van der Waals surface area contributed by atoms with Crippen molar-refractivity contribution in [1.29, 1.82) is 0 Å². The quantitative estimate of drug-likeness (QED) is 0.529. The molecule has 4 heterocycles. The number of hydrogen-bond donors (Lipinski definition) is 1. The van der Waals surface area contributed by atoms with Crippen LogP contribution in [-0.2, 0) is 11.8 Å². The number of fused-ring (bicyclic) bond motifs is 3. The molecule has 6 rings (SSSR count). The summed E-state index contributed by atoms with van der Waals surface area (Å²) in [5.41, 5.74) is 4.26. The Balaban J connectivity index is 1.24. The number of carbonyl (C=O) groups is 1. The summed E-state index contributed by atoms with van der Waals surface area (Å²) >= 11 is 0. The summed E-state index contributed by atoms with van der Waals surface area (Å²) in [4.78, 5) is 23.5. The highest BCUT2D eigenvalue weighted by atomic mass is 16.1. The maximum atomic E-state index is 12.2. The standard InChI is InChI=1S/C25H24N6O/c1-30-22-5-4-16(10-20(22)13-28-30)17-6-8-26-23(11-17)29-21-7-9-27-24(12-21)31-14-18-2-3-19(15-31)25(18)32/h4-13,18-19H,2-3,14-15H2,1H3,(H,26,27,29)/t18-,19+. The normalized spacial score (nSPS) is 20.2. The Kier molecular flexibility index (Phi) is 4.41. The summed E-state index contributed by atoms with van der Waals surface area (Å²) in [5, 5.41) is 8.87. The van der Waals surface area contributed by atoms with Crippen molar-refractivity contribution in [2.45, 2.75) is 12.8 Å². The van der Waals surface area contributed by atoms with Gasteiger partial charge in [-0.2, -0.15) is 5.10 Å². The molecule has 7 heteroatoms. The van der Waals surface area contributed by atoms with Crippen LogP contribution in [0.1, 0.15) is 12.8 Å². The lowest BCUT2D eigenvalue weighted by molar-refractivity contribution is -0.124. The summed E-state index contributed by atoms with van der Waals surface area (Å²) in [6.07, 6.45) is 7.55. The van der Waals surface area contributed by atoms with Gasteiger partial charge in [-0.3, -0.25) is 9.48 Å². The predicted molar refractivity (Wildman–Crippen MR) is 125 cm³/mol. The van der Waals surface area contributed by atoms with E-state index in [1.807, 2.05) is 48.5 Å². The molecular weight excluding hydrogens is 400 g/mol. The van der Waals surface area contributed by atoms with Gasteiger partial charge in [0, 0.05) is 61.5 Å². The summed E-state index contributed by atoms with van der Waals surface area (Å²) in [7, 11) is 1.95. The number of pyridine rings is 2. The number of ketones is 1. The zero-order chi connectivity index (χ0) is 21.7. The minimum atomic E-state index is 0.169. The van der Waals surface area contributed by atoms with Crippen LogP contribution in [-0.4, -0.2) is 38.6 Å². The van der Waals surface area contributed by atoms with Crippen LogP contribution in [0.3, 0.4) is 0 Å². The molecule has 0 spiro atoms. The van der Waals surface area contributed by atoms with E-state index in [4.69, 9.17) is 0 Å². The lowest BCUT2D eigenvalue weighted by atomic mass is 9.97. The fraction of sp³-hybridized carbons (Fsp3) is 0.280. The van der Waals surface area contributed by atoms with Crippen molar-refractivity contribution in [3.8, 4) is 11.1 Å². The molecule has 4 aromatic rings. The lowest BCUT2D eigenvalue weighted by Crippen LogP contribution is -2.42. The van der Waals surface area contributed by atoms with Gasteiger partial charge in [0.05, 0.1) is 11.7 Å². The molecule has 2 atom stereocenters. The Bertz CT molecular complexity index is 1310. The Morgan fingerprint density at radius 3 is 2.56 bits per heavy atom. The third-order valence-corrected chi connectivity index (χ3v) is 6.73. The van der Waals surface area contributed by atoms with E-state index in [-0.39, 0.29) is 11.8 Å². The van der Waals surface area contributed by atoms with E-state index < -0.39 is 0 Å². The van der Waals surface area contributed by atoms with Crippen molar-refractivity contribution < 1.29 is 4.79 Å². The molecule has 1 saturated carbocycles. The molecule has 1 aliphatic carbocycles. The number of aryl methyl sites for hydroxylation is 1. The van der Waals surface area contributed by atoms with Gasteiger partial charge in [0.15, 0.2) is 0 Å². The molecule has 0 amide bonds. The number of nitrogens with zero attached hydrogens (tertiary/aromatic N) is 5. The molecule has 3 aromatic heterocycles. The molecule has 160 valence electrons. The summed E-state index contributed by atoms with van der Waals surface area (Å²) in [6.45, 7) is 1.55. The molecule has 1 aliphatic heterocycles. The number of aromatic nitrogens is 4. The number of carbonyl (C=O) groups excluding carboxylic acids is 1. The van der Waals surface area contributed by atoms with E-state index in [1.54, 1.807) is 0 Å². The first-order chi connectivity index (χ1) is 15.6. The van der Waals surface area contributed by atoms with Crippen LogP contribution in [0.15, 0.2) is 61.1 Å². The first-order valence-corrected chi connectivity index (χ1v) is 11.0. The van der Waals surface area contributed by atoms with Crippen molar-refractivity contribution in [2.75, 3.05) is 23.3 Å². The number of nitrogens with one attached hydrogen (secondary N) is 1. The predicted octanol–water partition coefficient (Wildman–Crippen LogP) is 4.19. The zero-order valence-electron chi connectivity index (χ0n) is 17.9. The van der Waals surface area contributed by atoms with Gasteiger partial charge >= 0.3 is 0 Å². The van der Waals surface area contributed by atoms with Crippen LogP contribution in [0.5, 0.6) is 0 Å². The van der Waals surface area contributed by atoms with Crippen molar-refractivity contribution in [1.82, 2.24) is 19.7 Å². The van der Waals surface area contributed by atoms with Gasteiger partial charge in [-0.15, -0.1) is 0 Å². The monoisotopic (exact) mass is 424 g/mol. The molecule has 2 bridgehead atoms. The van der Waals surface area contributed by atoms with Crippen molar-refractivity contribution in [2.24, 2.45) is 18.9 Å². The van der Waals surface area contributed by atoms with Crippen LogP contribution in [0.2, 0.25) is 0 Å². The van der Waals surface area contributed by atoms with Gasteiger partial charge in [0.25, 0.3) is 0 Å². The Morgan fingerprint density at radius 1 is 0.938 bits per heavy atom. The Labute approximate surface area is 186 Å². The van der Waals surface area contributed by atoms with E-state index in [0.29, 0.717) is 5.78 Å². The summed E-state index contributed by atoms with van der Waals surface area (Å²) in [5.74, 6) is 2.48. The molecule has 1 aromatic carbocycles. The maximum Gasteiger partial charge on any atom is 0.142 e. The Hall–Kier alpha value is -3.74. The number of Topliss-reactive ketones (excluding diaryl/α,β-unsaturated/α-hetero) is 1. The zero-order valence-corrected chi connectivity index (χ0v) is 17.9. The van der Waals surface area contributed by atoms with Crippen LogP contribution in [0, 0.1) is 11.8 Å². The highest BCUT2D eigenvalue weighted by Crippen LogP contribution is 2.35. The number of hydrogen-bond acceptors (Lipinski definition) is 6. The number of benzene rings is 1. The third kappa shape index (κ3) is 3.30. The first-order valence-electron chi connectivity index (χ1n) is 11.0. The van der Waals surface area contributed by atoms with Crippen LogP contribution < -0.4 is 10.2 Å². The van der Waals surface area contributed by atoms with E-state index >= 15 is 0 Å². The van der Waals surface area contributed by atoms with E-state index in [0.717, 1.165) is 65.3 Å². The van der Waals surface area contributed by atoms with Crippen LogP contribution in [0.4, 0.5) is 17.3 Å². The fourth-order valence-electron chi connectivity index (χ4n) is 5.02. The smallest absolute Gasteiger partial charge is 0.142 e. The number of anilines is 3. The molecule has 2 aliphatic rings. The molecule has 2 fully saturated rings.